The van der Waals surface area contributed by atoms with Gasteiger partial charge in [-0.2, -0.15) is 0 Å². The fraction of sp³-hybridized carbons (Fsp3) is 0.190. The van der Waals surface area contributed by atoms with Crippen LogP contribution >= 0.6 is 17.0 Å². The molecule has 6 heteroatoms. The number of benzene rings is 4. The Morgan fingerprint density at radius 2 is 1.04 bits per heavy atom. The third-order valence-corrected chi connectivity index (χ3v) is 63.0. The fourth-order valence-electron chi connectivity index (χ4n) is 8.62. The molecule has 2 nitrogen and oxygen atoms in total. The van der Waals surface area contributed by atoms with Gasteiger partial charge in [0.15, 0.2) is 0 Å². The van der Waals surface area contributed by atoms with Crippen molar-refractivity contribution in [2.24, 2.45) is 0 Å². The summed E-state index contributed by atoms with van der Waals surface area (Å²) in [4.78, 5) is 9.65. The number of pyridine rings is 2. The molecule has 0 saturated heterocycles. The van der Waals surface area contributed by atoms with Crippen LogP contribution in [0.15, 0.2) is 121 Å². The molecule has 48 heavy (non-hydrogen) atoms. The van der Waals surface area contributed by atoms with E-state index in [1.807, 2.05) is 24.5 Å². The fourth-order valence-corrected chi connectivity index (χ4v) is 40.4. The summed E-state index contributed by atoms with van der Waals surface area (Å²) < 4.78 is 0.124. The van der Waals surface area contributed by atoms with E-state index in [1.165, 1.54) is 44.5 Å². The van der Waals surface area contributed by atoms with E-state index in [9.17, 15) is 0 Å². The van der Waals surface area contributed by atoms with Gasteiger partial charge in [-0.3, -0.25) is 0 Å². The number of aromatic nitrogens is 2. The minimum atomic E-state index is -4.85. The molecule has 8 rings (SSSR count). The molecule has 2 unspecified atom stereocenters. The number of nitrogens with zero attached hydrogens (tertiary/aromatic N) is 2. The molecule has 6 aromatic rings. The summed E-state index contributed by atoms with van der Waals surface area (Å²) in [7, 11) is 17.3. The van der Waals surface area contributed by atoms with Crippen LogP contribution in [0.4, 0.5) is 0 Å². The van der Waals surface area contributed by atoms with E-state index in [2.05, 4.69) is 124 Å². The predicted octanol–water partition coefficient (Wildman–Crippen LogP) is 12.5. The van der Waals surface area contributed by atoms with Crippen LogP contribution in [-0.4, -0.2) is 15.9 Å². The van der Waals surface area contributed by atoms with E-state index < -0.39 is 21.5 Å². The molecule has 0 spiro atoms. The first-order valence-corrected chi connectivity index (χ1v) is 33.5. The second kappa shape index (κ2) is 12.0. The van der Waals surface area contributed by atoms with Gasteiger partial charge >= 0.3 is 295 Å². The van der Waals surface area contributed by atoms with Crippen LogP contribution in [-0.2, 0) is 15.6 Å². The molecule has 2 aliphatic carbocycles. The standard InChI is InChI=1S/2C20H16N.C2H7Si.2ClH.Zr/c2*1-2-14-10-15-7-5-8-18(19(15)11-14)17-12-16-6-3-4-9-20(16)21-13-17;1-3-2;;;/h2*3-13H,2H2,1H3;3H,1-2H3;2*1H;/q;;;;;+2/p-2. The second-order valence-electron chi connectivity index (χ2n) is 13.8. The molecule has 2 aromatic heterocycles. The second-order valence-corrected chi connectivity index (χ2v) is 56.3. The zero-order valence-electron chi connectivity index (χ0n) is 27.8. The van der Waals surface area contributed by atoms with Crippen molar-refractivity contribution < 1.29 is 15.6 Å². The molecule has 0 fully saturated rings. The number of hydrogen-bond donors (Lipinski definition) is 0. The first-order valence-electron chi connectivity index (χ1n) is 17.2. The van der Waals surface area contributed by atoms with Gasteiger partial charge in [-0.15, -0.1) is 0 Å². The van der Waals surface area contributed by atoms with E-state index in [-0.39, 0.29) is 7.25 Å². The molecular weight excluding hydrogens is 723 g/mol. The van der Waals surface area contributed by atoms with Crippen molar-refractivity contribution in [1.82, 2.24) is 9.97 Å². The molecule has 0 radical (unpaired) electrons. The van der Waals surface area contributed by atoms with E-state index in [4.69, 9.17) is 27.0 Å². The molecule has 0 N–H and O–H groups in total. The Morgan fingerprint density at radius 1 is 0.604 bits per heavy atom. The zero-order chi connectivity index (χ0) is 33.2. The van der Waals surface area contributed by atoms with Gasteiger partial charge in [-0.05, 0) is 0 Å². The summed E-state index contributed by atoms with van der Waals surface area (Å²) in [6.45, 7) is 9.40. The Kier molecular flexibility index (Phi) is 8.04. The minimum absolute atomic E-state index is 0.0618. The quantitative estimate of drug-likeness (QED) is 0.151. The molecule has 0 amide bonds. The van der Waals surface area contributed by atoms with Crippen LogP contribution in [0.5, 0.6) is 0 Å². The van der Waals surface area contributed by atoms with Gasteiger partial charge in [0, 0.05) is 0 Å². The van der Waals surface area contributed by atoms with Gasteiger partial charge in [0.1, 0.15) is 0 Å². The van der Waals surface area contributed by atoms with Crippen LogP contribution in [0.3, 0.4) is 0 Å². The predicted molar refractivity (Wildman–Crippen MR) is 207 cm³/mol. The summed E-state index contributed by atoms with van der Waals surface area (Å²) in [5.74, 6) is -1.66. The maximum atomic E-state index is 8.63. The first kappa shape index (κ1) is 32.1. The Morgan fingerprint density at radius 3 is 1.46 bits per heavy atom. The van der Waals surface area contributed by atoms with Gasteiger partial charge in [0.25, 0.3) is 0 Å². The van der Waals surface area contributed by atoms with Crippen molar-refractivity contribution in [3.8, 4) is 22.3 Å². The maximum absolute atomic E-state index is 8.63. The molecule has 4 aromatic carbocycles. The van der Waals surface area contributed by atoms with Crippen molar-refractivity contribution in [2.75, 3.05) is 0 Å². The van der Waals surface area contributed by atoms with Crippen LogP contribution in [0, 0.1) is 0 Å². The first-order chi connectivity index (χ1) is 23.2. The van der Waals surface area contributed by atoms with Crippen LogP contribution in [0.1, 0.15) is 56.2 Å². The number of halogens is 2. The van der Waals surface area contributed by atoms with E-state index >= 15 is 0 Å². The molecule has 2 heterocycles. The molecule has 0 bridgehead atoms. The van der Waals surface area contributed by atoms with E-state index in [0.29, 0.717) is 0 Å². The number of fused-ring (bicyclic) bond motifs is 4. The van der Waals surface area contributed by atoms with Crippen molar-refractivity contribution >= 4 is 56.9 Å². The average Bonchev–Trinajstić information content (AvgIpc) is 3.71. The van der Waals surface area contributed by atoms with Gasteiger partial charge in [0.2, 0.25) is 0 Å². The average molecular weight is 762 g/mol. The van der Waals surface area contributed by atoms with Crippen molar-refractivity contribution in [2.45, 2.75) is 47.0 Å². The summed E-state index contributed by atoms with van der Waals surface area (Å²) in [6.07, 6.45) is 10.7. The normalized spacial score (nSPS) is 18.0. The molecule has 239 valence electrons. The summed E-state index contributed by atoms with van der Waals surface area (Å²) in [5, 5.41) is 2.29. The van der Waals surface area contributed by atoms with Crippen molar-refractivity contribution in [3.05, 3.63) is 143 Å². The van der Waals surface area contributed by atoms with Gasteiger partial charge in [-0.1, -0.05) is 0 Å². The Hall–Kier alpha value is -3.14. The van der Waals surface area contributed by atoms with Crippen molar-refractivity contribution in [3.63, 3.8) is 0 Å². The summed E-state index contributed by atoms with van der Waals surface area (Å²) in [5.41, 5.74) is 14.6. The van der Waals surface area contributed by atoms with E-state index in [0.717, 1.165) is 45.8 Å². The third-order valence-electron chi connectivity index (χ3n) is 11.1. The molecule has 2 atom stereocenters. The zero-order valence-corrected chi connectivity index (χ0v) is 33.0. The van der Waals surface area contributed by atoms with Crippen LogP contribution in [0.25, 0.3) is 56.2 Å². The molecule has 0 aliphatic heterocycles. The number of allylic oxidation sites excluding steroid dienone is 2. The van der Waals surface area contributed by atoms with E-state index in [1.54, 1.807) is 0 Å². The molecule has 2 aliphatic rings. The Balaban J connectivity index is 1.31. The number of hydrogen-bond acceptors (Lipinski definition) is 2. The van der Waals surface area contributed by atoms with Gasteiger partial charge in [-0.25, -0.2) is 0 Å². The topological polar surface area (TPSA) is 25.8 Å². The van der Waals surface area contributed by atoms with Crippen LogP contribution in [0.2, 0.25) is 13.1 Å². The Bertz CT molecular complexity index is 2170. The third kappa shape index (κ3) is 4.82. The summed E-state index contributed by atoms with van der Waals surface area (Å²) >= 11 is -4.85. The Labute approximate surface area is 292 Å². The van der Waals surface area contributed by atoms with Crippen LogP contribution < -0.4 is 0 Å². The SMILES string of the molecule is CCC1=Cc2c(-c3cnc4ccccc4c3)cccc2[CH]1[Zr]([Cl])([Cl])([CH]1C(CC)=Cc2c(-c3cnc4ccccc4c3)cccc21)[SiH](C)C. The monoisotopic (exact) mass is 759 g/mol. The molecule has 0 saturated carbocycles. The van der Waals surface area contributed by atoms with Crippen molar-refractivity contribution in [1.29, 1.82) is 0 Å². The number of para-hydroxylation sites is 2. The molecular formula is C42H39Cl2N2SiZr. The van der Waals surface area contributed by atoms with Gasteiger partial charge < -0.3 is 0 Å². The van der Waals surface area contributed by atoms with Gasteiger partial charge in [0.05, 0.1) is 0 Å². The summed E-state index contributed by atoms with van der Waals surface area (Å²) in [6, 6.07) is 34.7. The number of rotatable bonds is 7.